The van der Waals surface area contributed by atoms with Crippen molar-refractivity contribution in [2.75, 3.05) is 18.1 Å². The molecule has 0 N–H and O–H groups in total. The highest BCUT2D eigenvalue weighted by atomic mass is 35.5. The maximum Gasteiger partial charge on any atom is 0.187 e. The van der Waals surface area contributed by atoms with Gasteiger partial charge < -0.3 is 9.64 Å². The molecular weight excluding hydrogens is 451 g/mol. The number of rotatable bonds is 5. The molecule has 1 aliphatic rings. The van der Waals surface area contributed by atoms with Gasteiger partial charge in [-0.05, 0) is 66.9 Å². The fourth-order valence-electron chi connectivity index (χ4n) is 4.03. The largest absolute Gasteiger partial charge is 0.493 e. The Labute approximate surface area is 197 Å². The molecule has 2 atom stereocenters. The Morgan fingerprint density at radius 1 is 0.903 bits per heavy atom. The summed E-state index contributed by atoms with van der Waals surface area (Å²) in [6.45, 7) is 8.52. The number of benzene rings is 3. The van der Waals surface area contributed by atoms with Gasteiger partial charge in [0.2, 0.25) is 0 Å². The highest BCUT2D eigenvalue weighted by molar-refractivity contribution is 6.35. The molecule has 158 valence electrons. The fraction of sp³-hybridized carbons (Fsp3) is 0.240. The number of hydrogen-bond donors (Lipinski definition) is 0. The lowest BCUT2D eigenvalue weighted by Crippen LogP contribution is -2.40. The first-order valence-corrected chi connectivity index (χ1v) is 11.2. The van der Waals surface area contributed by atoms with Crippen molar-refractivity contribution < 1.29 is 4.74 Å². The molecule has 0 saturated carbocycles. The number of hydrogen-bond acceptors (Lipinski definition) is 2. The SMILES string of the molecule is [C-]#[N+]c1ccc(OC[C@@H]2CC[C@H](c3ccc(Cl)cc3Cl)N(c3ccc(Cl)cc3)C2)cc1. The zero-order valence-electron chi connectivity index (χ0n) is 16.8. The van der Waals surface area contributed by atoms with Crippen LogP contribution in [0.1, 0.15) is 24.4 Å². The molecule has 0 amide bonds. The van der Waals surface area contributed by atoms with Gasteiger partial charge in [0.25, 0.3) is 0 Å². The van der Waals surface area contributed by atoms with Crippen molar-refractivity contribution in [2.24, 2.45) is 5.92 Å². The van der Waals surface area contributed by atoms with Crippen LogP contribution >= 0.6 is 34.8 Å². The summed E-state index contributed by atoms with van der Waals surface area (Å²) < 4.78 is 6.03. The van der Waals surface area contributed by atoms with E-state index in [2.05, 4.69) is 9.74 Å². The van der Waals surface area contributed by atoms with E-state index in [1.807, 2.05) is 48.5 Å². The van der Waals surface area contributed by atoms with Crippen LogP contribution < -0.4 is 9.64 Å². The van der Waals surface area contributed by atoms with Crippen LogP contribution in [0.25, 0.3) is 4.85 Å². The third-order valence-electron chi connectivity index (χ3n) is 5.61. The third kappa shape index (κ3) is 5.28. The lowest BCUT2D eigenvalue weighted by molar-refractivity contribution is 0.216. The fourth-order valence-corrected chi connectivity index (χ4v) is 4.69. The number of ether oxygens (including phenoxy) is 1. The zero-order chi connectivity index (χ0) is 21.8. The average Bonchev–Trinajstić information content (AvgIpc) is 2.79. The molecule has 3 aromatic rings. The standard InChI is InChI=1S/C25H21Cl3N2O/c1-29-20-6-10-22(11-7-20)31-16-17-2-13-25(23-12-5-19(27)14-24(23)28)30(15-17)21-8-3-18(26)4-9-21/h3-12,14,17,25H,2,13,15-16H2/t17-,25-/m1/s1. The molecular formula is C25H21Cl3N2O. The van der Waals surface area contributed by atoms with Gasteiger partial charge in [0.1, 0.15) is 5.75 Å². The minimum absolute atomic E-state index is 0.153. The molecule has 6 heteroatoms. The van der Waals surface area contributed by atoms with Gasteiger partial charge in [-0.2, -0.15) is 0 Å². The lowest BCUT2D eigenvalue weighted by atomic mass is 9.88. The van der Waals surface area contributed by atoms with E-state index in [9.17, 15) is 0 Å². The van der Waals surface area contributed by atoms with Crippen molar-refractivity contribution >= 4 is 46.2 Å². The van der Waals surface area contributed by atoms with E-state index >= 15 is 0 Å². The minimum Gasteiger partial charge on any atom is -0.493 e. The van der Waals surface area contributed by atoms with Crippen molar-refractivity contribution in [3.05, 3.63) is 98.8 Å². The highest BCUT2D eigenvalue weighted by Gasteiger charge is 2.31. The number of nitrogens with zero attached hydrogens (tertiary/aromatic N) is 2. The van der Waals surface area contributed by atoms with E-state index in [1.54, 1.807) is 18.2 Å². The van der Waals surface area contributed by atoms with Crippen molar-refractivity contribution in [3.63, 3.8) is 0 Å². The highest BCUT2D eigenvalue weighted by Crippen LogP contribution is 2.40. The second kappa shape index (κ2) is 9.83. The van der Waals surface area contributed by atoms with Crippen LogP contribution in [0.15, 0.2) is 66.7 Å². The van der Waals surface area contributed by atoms with Gasteiger partial charge >= 0.3 is 0 Å². The second-order valence-electron chi connectivity index (χ2n) is 7.67. The molecule has 1 aliphatic heterocycles. The van der Waals surface area contributed by atoms with Crippen LogP contribution in [0.3, 0.4) is 0 Å². The first-order chi connectivity index (χ1) is 15.0. The lowest BCUT2D eigenvalue weighted by Gasteiger charge is -2.42. The van der Waals surface area contributed by atoms with Gasteiger partial charge in [-0.15, -0.1) is 0 Å². The summed E-state index contributed by atoms with van der Waals surface area (Å²) in [5.74, 6) is 1.15. The molecule has 31 heavy (non-hydrogen) atoms. The monoisotopic (exact) mass is 470 g/mol. The third-order valence-corrected chi connectivity index (χ3v) is 6.43. The number of anilines is 1. The molecule has 0 bridgehead atoms. The van der Waals surface area contributed by atoms with E-state index in [-0.39, 0.29) is 6.04 Å². The van der Waals surface area contributed by atoms with Gasteiger partial charge in [0, 0.05) is 33.2 Å². The maximum absolute atomic E-state index is 7.06. The van der Waals surface area contributed by atoms with Gasteiger partial charge in [0.15, 0.2) is 5.69 Å². The van der Waals surface area contributed by atoms with E-state index in [0.29, 0.717) is 33.3 Å². The molecule has 0 aliphatic carbocycles. The van der Waals surface area contributed by atoms with Crippen LogP contribution in [0.5, 0.6) is 5.75 Å². The molecule has 3 aromatic carbocycles. The molecule has 3 nitrogen and oxygen atoms in total. The predicted octanol–water partition coefficient (Wildman–Crippen LogP) is 8.23. The van der Waals surface area contributed by atoms with Crippen LogP contribution in [0.2, 0.25) is 15.1 Å². The minimum atomic E-state index is 0.153. The summed E-state index contributed by atoms with van der Waals surface area (Å²) in [5, 5.41) is 2.04. The average molecular weight is 472 g/mol. The van der Waals surface area contributed by atoms with Crippen LogP contribution in [0.4, 0.5) is 11.4 Å². The molecule has 0 spiro atoms. The van der Waals surface area contributed by atoms with Crippen molar-refractivity contribution in [2.45, 2.75) is 18.9 Å². The summed E-state index contributed by atoms with van der Waals surface area (Å²) in [6, 6.07) is 21.1. The Morgan fingerprint density at radius 3 is 2.29 bits per heavy atom. The summed E-state index contributed by atoms with van der Waals surface area (Å²) in [6.07, 6.45) is 1.97. The summed E-state index contributed by atoms with van der Waals surface area (Å²) in [5.41, 5.74) is 2.79. The first-order valence-electron chi connectivity index (χ1n) is 10.1. The van der Waals surface area contributed by atoms with Gasteiger partial charge in [0.05, 0.1) is 19.2 Å². The Morgan fingerprint density at radius 2 is 1.61 bits per heavy atom. The predicted molar refractivity (Wildman–Crippen MR) is 129 cm³/mol. The maximum atomic E-state index is 7.06. The smallest absolute Gasteiger partial charge is 0.187 e. The van der Waals surface area contributed by atoms with Crippen LogP contribution in [-0.4, -0.2) is 13.2 Å². The van der Waals surface area contributed by atoms with E-state index in [4.69, 9.17) is 46.1 Å². The Kier molecular flexibility index (Phi) is 6.92. The zero-order valence-corrected chi connectivity index (χ0v) is 19.0. The summed E-state index contributed by atoms with van der Waals surface area (Å²) >= 11 is 18.8. The molecule has 4 rings (SSSR count). The second-order valence-corrected chi connectivity index (χ2v) is 8.95. The topological polar surface area (TPSA) is 16.8 Å². The molecule has 0 aromatic heterocycles. The Bertz CT molecular complexity index is 1080. The van der Waals surface area contributed by atoms with Crippen LogP contribution in [-0.2, 0) is 0 Å². The Balaban J connectivity index is 1.53. The normalized spacial score (nSPS) is 18.5. The van der Waals surface area contributed by atoms with Crippen molar-refractivity contribution in [3.8, 4) is 5.75 Å². The molecule has 0 radical (unpaired) electrons. The number of halogens is 3. The van der Waals surface area contributed by atoms with E-state index < -0.39 is 0 Å². The number of piperidine rings is 1. The van der Waals surface area contributed by atoms with Gasteiger partial charge in [-0.25, -0.2) is 4.85 Å². The molecule has 1 saturated heterocycles. The van der Waals surface area contributed by atoms with Crippen molar-refractivity contribution in [1.29, 1.82) is 0 Å². The molecule has 1 heterocycles. The molecule has 0 unspecified atom stereocenters. The van der Waals surface area contributed by atoms with E-state index in [1.165, 1.54) is 0 Å². The Hall–Kier alpha value is -2.38. The van der Waals surface area contributed by atoms with Crippen molar-refractivity contribution in [1.82, 2.24) is 0 Å². The van der Waals surface area contributed by atoms with Gasteiger partial charge in [-0.1, -0.05) is 53.0 Å². The van der Waals surface area contributed by atoms with E-state index in [0.717, 1.165) is 36.4 Å². The summed E-state index contributed by atoms with van der Waals surface area (Å²) in [7, 11) is 0. The quantitative estimate of drug-likeness (QED) is 0.348. The molecule has 1 fully saturated rings. The summed E-state index contributed by atoms with van der Waals surface area (Å²) in [4.78, 5) is 5.80. The first kappa shape index (κ1) is 21.8. The van der Waals surface area contributed by atoms with Gasteiger partial charge in [-0.3, -0.25) is 0 Å². The van der Waals surface area contributed by atoms with Crippen LogP contribution in [0, 0.1) is 12.5 Å².